The number of hydrogen-bond acceptors (Lipinski definition) is 3. The third kappa shape index (κ3) is 3.31. The van der Waals surface area contributed by atoms with Gasteiger partial charge in [0.25, 0.3) is 5.91 Å². The molecule has 2 amide bonds. The topological polar surface area (TPSA) is 40.6 Å². The summed E-state index contributed by atoms with van der Waals surface area (Å²) in [7, 11) is 0. The number of carbonyl (C=O) groups is 2. The highest BCUT2D eigenvalue weighted by molar-refractivity contribution is 9.10. The summed E-state index contributed by atoms with van der Waals surface area (Å²) in [6.07, 6.45) is 4.45. The van der Waals surface area contributed by atoms with Crippen LogP contribution in [-0.4, -0.2) is 47.8 Å². The number of carbonyl (C=O) groups excluding carboxylic acids is 2. The van der Waals surface area contributed by atoms with Gasteiger partial charge in [0.1, 0.15) is 0 Å². The first-order chi connectivity index (χ1) is 10.1. The van der Waals surface area contributed by atoms with Crippen LogP contribution in [0.15, 0.2) is 15.9 Å². The summed E-state index contributed by atoms with van der Waals surface area (Å²) in [5.74, 6) is 0.623. The molecule has 6 heteroatoms. The Labute approximate surface area is 137 Å². The number of thiophene rings is 1. The molecule has 3 rings (SSSR count). The van der Waals surface area contributed by atoms with Crippen LogP contribution in [0.1, 0.15) is 35.4 Å². The third-order valence-corrected chi connectivity index (χ3v) is 6.04. The Morgan fingerprint density at radius 3 is 2.29 bits per heavy atom. The van der Waals surface area contributed by atoms with Crippen LogP contribution in [-0.2, 0) is 4.79 Å². The van der Waals surface area contributed by atoms with E-state index in [1.165, 1.54) is 24.2 Å². The molecule has 114 valence electrons. The molecule has 21 heavy (non-hydrogen) atoms. The van der Waals surface area contributed by atoms with Crippen molar-refractivity contribution in [2.24, 2.45) is 5.92 Å². The predicted molar refractivity (Wildman–Crippen MR) is 86.5 cm³/mol. The van der Waals surface area contributed by atoms with Gasteiger partial charge in [-0.1, -0.05) is 12.8 Å². The van der Waals surface area contributed by atoms with E-state index in [0.29, 0.717) is 32.1 Å². The highest BCUT2D eigenvalue weighted by atomic mass is 79.9. The molecule has 0 bridgehead atoms. The minimum absolute atomic E-state index is 0.0821. The van der Waals surface area contributed by atoms with Gasteiger partial charge in [0.05, 0.1) is 4.88 Å². The van der Waals surface area contributed by atoms with Crippen LogP contribution in [0.2, 0.25) is 0 Å². The van der Waals surface area contributed by atoms with E-state index in [1.807, 2.05) is 21.2 Å². The molecule has 1 aromatic rings. The molecule has 0 aromatic carbocycles. The maximum absolute atomic E-state index is 12.4. The van der Waals surface area contributed by atoms with Crippen LogP contribution < -0.4 is 0 Å². The number of piperazine rings is 1. The molecule has 2 fully saturated rings. The monoisotopic (exact) mass is 370 g/mol. The van der Waals surface area contributed by atoms with E-state index >= 15 is 0 Å². The average Bonchev–Trinajstić information content (AvgIpc) is 3.17. The summed E-state index contributed by atoms with van der Waals surface area (Å²) in [6.45, 7) is 2.64. The number of rotatable bonds is 2. The molecule has 0 radical (unpaired) electrons. The van der Waals surface area contributed by atoms with Gasteiger partial charge in [-0.05, 0) is 34.8 Å². The molecule has 2 heterocycles. The van der Waals surface area contributed by atoms with Gasteiger partial charge in [0.2, 0.25) is 5.91 Å². The average molecular weight is 371 g/mol. The van der Waals surface area contributed by atoms with Crippen LogP contribution in [0.4, 0.5) is 0 Å². The largest absolute Gasteiger partial charge is 0.339 e. The maximum Gasteiger partial charge on any atom is 0.264 e. The van der Waals surface area contributed by atoms with Crippen LogP contribution in [0.3, 0.4) is 0 Å². The quantitative estimate of drug-likeness (QED) is 0.802. The van der Waals surface area contributed by atoms with Crippen molar-refractivity contribution >= 4 is 39.1 Å². The fourth-order valence-corrected chi connectivity index (χ4v) is 4.54. The number of halogens is 1. The molecular formula is C15H19BrN2O2S. The standard InChI is InChI=1S/C15H19BrN2O2S/c16-12-9-13(21-10-12)15(20)18-7-5-17(6-8-18)14(19)11-3-1-2-4-11/h9-11H,1-8H2. The Hall–Kier alpha value is -0.880. The molecule has 1 saturated heterocycles. The van der Waals surface area contributed by atoms with E-state index in [2.05, 4.69) is 15.9 Å². The summed E-state index contributed by atoms with van der Waals surface area (Å²) < 4.78 is 0.950. The van der Waals surface area contributed by atoms with Gasteiger partial charge < -0.3 is 9.80 Å². The highest BCUT2D eigenvalue weighted by Crippen LogP contribution is 2.27. The molecule has 0 atom stereocenters. The van der Waals surface area contributed by atoms with Crippen molar-refractivity contribution < 1.29 is 9.59 Å². The number of amides is 2. The first-order valence-corrected chi connectivity index (χ1v) is 9.14. The molecule has 1 aromatic heterocycles. The Kier molecular flexibility index (Phi) is 4.64. The summed E-state index contributed by atoms with van der Waals surface area (Å²) >= 11 is 4.84. The molecule has 0 unspecified atom stereocenters. The van der Waals surface area contributed by atoms with E-state index in [0.717, 1.165) is 22.2 Å². The second kappa shape index (κ2) is 6.48. The van der Waals surface area contributed by atoms with Gasteiger partial charge >= 0.3 is 0 Å². The van der Waals surface area contributed by atoms with Gasteiger partial charge in [-0.15, -0.1) is 11.3 Å². The molecule has 1 saturated carbocycles. The first kappa shape index (κ1) is 15.0. The molecule has 0 spiro atoms. The fourth-order valence-electron chi connectivity index (χ4n) is 3.14. The van der Waals surface area contributed by atoms with E-state index in [4.69, 9.17) is 0 Å². The Morgan fingerprint density at radius 1 is 1.10 bits per heavy atom. The van der Waals surface area contributed by atoms with Gasteiger partial charge in [-0.25, -0.2) is 0 Å². The molecule has 1 aliphatic heterocycles. The Bertz CT molecular complexity index is 532. The summed E-state index contributed by atoms with van der Waals surface area (Å²) in [5, 5.41) is 1.92. The highest BCUT2D eigenvalue weighted by Gasteiger charge is 2.30. The zero-order valence-corrected chi connectivity index (χ0v) is 14.3. The molecular weight excluding hydrogens is 352 g/mol. The second-order valence-corrected chi connectivity index (χ2v) is 7.55. The lowest BCUT2D eigenvalue weighted by molar-refractivity contribution is -0.136. The molecule has 4 nitrogen and oxygen atoms in total. The van der Waals surface area contributed by atoms with E-state index in [1.54, 1.807) is 0 Å². The van der Waals surface area contributed by atoms with Crippen LogP contribution >= 0.6 is 27.3 Å². The van der Waals surface area contributed by atoms with E-state index in [-0.39, 0.29) is 11.8 Å². The second-order valence-electron chi connectivity index (χ2n) is 5.73. The van der Waals surface area contributed by atoms with Gasteiger partial charge in [0.15, 0.2) is 0 Å². The normalized spacial score (nSPS) is 20.0. The van der Waals surface area contributed by atoms with Gasteiger partial charge in [-0.2, -0.15) is 0 Å². The number of hydrogen-bond donors (Lipinski definition) is 0. The third-order valence-electron chi connectivity index (χ3n) is 4.36. The van der Waals surface area contributed by atoms with Crippen molar-refractivity contribution in [3.63, 3.8) is 0 Å². The number of nitrogens with zero attached hydrogens (tertiary/aromatic N) is 2. The van der Waals surface area contributed by atoms with E-state index < -0.39 is 0 Å². The lowest BCUT2D eigenvalue weighted by Crippen LogP contribution is -2.51. The van der Waals surface area contributed by atoms with Crippen molar-refractivity contribution in [2.45, 2.75) is 25.7 Å². The SMILES string of the molecule is O=C(c1cc(Br)cs1)N1CCN(C(=O)C2CCCC2)CC1. The smallest absolute Gasteiger partial charge is 0.264 e. The zero-order chi connectivity index (χ0) is 14.8. The minimum Gasteiger partial charge on any atom is -0.339 e. The first-order valence-electron chi connectivity index (χ1n) is 7.47. The zero-order valence-electron chi connectivity index (χ0n) is 11.9. The predicted octanol–water partition coefficient (Wildman–Crippen LogP) is 2.99. The summed E-state index contributed by atoms with van der Waals surface area (Å²) in [6, 6.07) is 1.86. The molecule has 0 N–H and O–H groups in total. The Balaban J connectivity index is 1.55. The van der Waals surface area contributed by atoms with Gasteiger partial charge in [0, 0.05) is 41.9 Å². The van der Waals surface area contributed by atoms with E-state index in [9.17, 15) is 9.59 Å². The van der Waals surface area contributed by atoms with Crippen molar-refractivity contribution in [1.82, 2.24) is 9.80 Å². The Morgan fingerprint density at radius 2 is 1.71 bits per heavy atom. The lowest BCUT2D eigenvalue weighted by Gasteiger charge is -2.35. The van der Waals surface area contributed by atoms with Crippen LogP contribution in [0.25, 0.3) is 0 Å². The minimum atomic E-state index is 0.0821. The van der Waals surface area contributed by atoms with Crippen molar-refractivity contribution in [3.8, 4) is 0 Å². The van der Waals surface area contributed by atoms with Crippen LogP contribution in [0.5, 0.6) is 0 Å². The van der Waals surface area contributed by atoms with Crippen LogP contribution in [0, 0.1) is 5.92 Å². The summed E-state index contributed by atoms with van der Waals surface area (Å²) in [5.41, 5.74) is 0. The van der Waals surface area contributed by atoms with Crippen molar-refractivity contribution in [2.75, 3.05) is 26.2 Å². The lowest BCUT2D eigenvalue weighted by atomic mass is 10.1. The maximum atomic E-state index is 12.4. The van der Waals surface area contributed by atoms with Crippen molar-refractivity contribution in [3.05, 3.63) is 20.8 Å². The molecule has 2 aliphatic rings. The summed E-state index contributed by atoms with van der Waals surface area (Å²) in [4.78, 5) is 29.3. The van der Waals surface area contributed by atoms with Crippen molar-refractivity contribution in [1.29, 1.82) is 0 Å². The molecule has 1 aliphatic carbocycles. The fraction of sp³-hybridized carbons (Fsp3) is 0.600. The van der Waals surface area contributed by atoms with Gasteiger partial charge in [-0.3, -0.25) is 9.59 Å².